The molecule has 0 radical (unpaired) electrons. The van der Waals surface area contributed by atoms with Gasteiger partial charge in [-0.3, -0.25) is 0 Å². The van der Waals surface area contributed by atoms with Crippen LogP contribution in [-0.4, -0.2) is 11.6 Å². The van der Waals surface area contributed by atoms with Gasteiger partial charge in [-0.25, -0.2) is 0 Å². The molecule has 6 aromatic rings. The lowest BCUT2D eigenvalue weighted by molar-refractivity contribution is -0.226. The Bertz CT molecular complexity index is 2460. The Morgan fingerprint density at radius 3 is 1.30 bits per heavy atom. The standard InChI is InChI=1S/C33H31O2P.C20H18Cl2O2/c1-23-11-8-12-24-21-26-14-10-15-27-22-25-13-9-20-30(32(25)35-33(26,27)34-31(23)24)36(28-16-4-2-5-17-28)29-18-6-3-7-19-29;21-16-8-1-4-12-10-14-6-3-7-15-11-13-5-2-9-17(22)19(13)24-20(14,15)23-18(12)16/h2-9,11-13,16-20,26-27H,10,14-15,21-22H2,1H3;1-2,4-5,8-9,14-15H,3,6-7,10-11H2/t26-,27-,33-;14-,15-,20?/m11/s1. The number of aryl methyl sites for hydroxylation is 1. The number of fused-ring (bicyclic) bond motifs is 4. The molecule has 0 saturated heterocycles. The highest BCUT2D eigenvalue weighted by molar-refractivity contribution is 7.80. The predicted molar refractivity (Wildman–Crippen MR) is 244 cm³/mol. The van der Waals surface area contributed by atoms with E-state index < -0.39 is 19.5 Å². The highest BCUT2D eigenvalue weighted by Gasteiger charge is 2.59. The van der Waals surface area contributed by atoms with Crippen LogP contribution in [0, 0.1) is 30.6 Å². The number of hydrogen-bond donors (Lipinski definition) is 0. The van der Waals surface area contributed by atoms with E-state index in [9.17, 15) is 0 Å². The van der Waals surface area contributed by atoms with E-state index in [2.05, 4.69) is 116 Å². The van der Waals surface area contributed by atoms with Crippen LogP contribution < -0.4 is 34.9 Å². The minimum Gasteiger partial charge on any atom is -0.451 e. The number of rotatable bonds is 3. The van der Waals surface area contributed by atoms with Gasteiger partial charge in [0.25, 0.3) is 11.6 Å². The number of hydrogen-bond acceptors (Lipinski definition) is 4. The molecule has 2 aliphatic carbocycles. The van der Waals surface area contributed by atoms with Gasteiger partial charge in [0.1, 0.15) is 23.0 Å². The molecule has 4 nitrogen and oxygen atoms in total. The second-order valence-corrected chi connectivity index (χ2v) is 20.6. The van der Waals surface area contributed by atoms with Gasteiger partial charge >= 0.3 is 0 Å². The first-order valence-electron chi connectivity index (χ1n) is 21.8. The van der Waals surface area contributed by atoms with Crippen molar-refractivity contribution in [3.8, 4) is 23.0 Å². The lowest BCUT2D eigenvalue weighted by atomic mass is 9.68. The van der Waals surface area contributed by atoms with Gasteiger partial charge in [0.15, 0.2) is 0 Å². The van der Waals surface area contributed by atoms with E-state index in [0.717, 1.165) is 74.4 Å². The first-order valence-corrected chi connectivity index (χ1v) is 23.9. The molecule has 0 amide bonds. The first-order chi connectivity index (χ1) is 29.4. The summed E-state index contributed by atoms with van der Waals surface area (Å²) in [5.41, 5.74) is 6.26. The van der Waals surface area contributed by atoms with E-state index in [0.29, 0.717) is 33.7 Å². The van der Waals surface area contributed by atoms with Gasteiger partial charge in [0, 0.05) is 29.0 Å². The Hall–Kier alpha value is -4.47. The fourth-order valence-corrected chi connectivity index (χ4v) is 14.3. The third-order valence-corrected chi connectivity index (χ3v) is 17.2. The zero-order valence-corrected chi connectivity index (χ0v) is 36.3. The van der Waals surface area contributed by atoms with Gasteiger partial charge in [0.2, 0.25) is 0 Å². The molecule has 2 saturated carbocycles. The van der Waals surface area contributed by atoms with Gasteiger partial charge < -0.3 is 18.9 Å². The van der Waals surface area contributed by atoms with Crippen LogP contribution in [0.25, 0.3) is 0 Å². The zero-order valence-electron chi connectivity index (χ0n) is 33.9. The monoisotopic (exact) mass is 850 g/mol. The molecule has 0 N–H and O–H groups in total. The van der Waals surface area contributed by atoms with Crippen molar-refractivity contribution in [1.29, 1.82) is 0 Å². The molecule has 2 fully saturated rings. The van der Waals surface area contributed by atoms with Crippen LogP contribution in [0.2, 0.25) is 10.0 Å². The molecule has 4 aliphatic heterocycles. The summed E-state index contributed by atoms with van der Waals surface area (Å²) in [6.45, 7) is 2.17. The van der Waals surface area contributed by atoms with Crippen molar-refractivity contribution < 1.29 is 18.9 Å². The largest absolute Gasteiger partial charge is 0.451 e. The van der Waals surface area contributed by atoms with Crippen molar-refractivity contribution in [2.75, 3.05) is 0 Å². The average molecular weight is 852 g/mol. The molecule has 7 heteroatoms. The maximum atomic E-state index is 7.29. The van der Waals surface area contributed by atoms with E-state index in [1.807, 2.05) is 24.3 Å². The highest BCUT2D eigenvalue weighted by Crippen LogP contribution is 2.56. The lowest BCUT2D eigenvalue weighted by Crippen LogP contribution is -2.62. The molecule has 60 heavy (non-hydrogen) atoms. The third-order valence-electron chi connectivity index (χ3n) is 14.1. The summed E-state index contributed by atoms with van der Waals surface area (Å²) in [5, 5.41) is 5.33. The summed E-state index contributed by atoms with van der Waals surface area (Å²) in [7, 11) is -0.752. The van der Waals surface area contributed by atoms with Crippen LogP contribution in [0.3, 0.4) is 0 Å². The predicted octanol–water partition coefficient (Wildman–Crippen LogP) is 12.1. The molecule has 4 heterocycles. The molecular formula is C53H49Cl2O4P. The molecular weight excluding hydrogens is 802 g/mol. The van der Waals surface area contributed by atoms with Gasteiger partial charge in [-0.15, -0.1) is 0 Å². The summed E-state index contributed by atoms with van der Waals surface area (Å²) in [6.07, 6.45) is 11.0. The van der Waals surface area contributed by atoms with Crippen molar-refractivity contribution in [1.82, 2.24) is 0 Å². The first kappa shape index (κ1) is 38.5. The van der Waals surface area contributed by atoms with Crippen LogP contribution in [0.1, 0.15) is 66.3 Å². The Morgan fingerprint density at radius 1 is 0.433 bits per heavy atom. The fraction of sp³-hybridized carbons (Fsp3) is 0.321. The van der Waals surface area contributed by atoms with E-state index in [-0.39, 0.29) is 0 Å². The lowest BCUT2D eigenvalue weighted by Gasteiger charge is -2.54. The molecule has 0 aromatic heterocycles. The summed E-state index contributed by atoms with van der Waals surface area (Å²) in [4.78, 5) is 0. The summed E-state index contributed by atoms with van der Waals surface area (Å²) >= 11 is 12.9. The Kier molecular flexibility index (Phi) is 9.91. The van der Waals surface area contributed by atoms with Crippen LogP contribution in [0.5, 0.6) is 23.0 Å². The third kappa shape index (κ3) is 6.43. The van der Waals surface area contributed by atoms with Crippen molar-refractivity contribution in [3.05, 3.63) is 171 Å². The maximum absolute atomic E-state index is 7.29. The minimum atomic E-state index is -0.752. The number of benzene rings is 6. The van der Waals surface area contributed by atoms with Gasteiger partial charge in [-0.1, -0.05) is 157 Å². The molecule has 2 spiro atoms. The van der Waals surface area contributed by atoms with E-state index in [4.69, 9.17) is 42.1 Å². The Labute approximate surface area is 364 Å². The zero-order chi connectivity index (χ0) is 40.4. The highest BCUT2D eigenvalue weighted by atomic mass is 35.5. The molecule has 6 aliphatic rings. The number of para-hydroxylation sites is 4. The van der Waals surface area contributed by atoms with Crippen molar-refractivity contribution in [2.45, 2.75) is 82.7 Å². The van der Waals surface area contributed by atoms with Crippen molar-refractivity contribution in [3.63, 3.8) is 0 Å². The van der Waals surface area contributed by atoms with Crippen LogP contribution >= 0.6 is 31.1 Å². The summed E-state index contributed by atoms with van der Waals surface area (Å²) in [6, 6.07) is 47.3. The number of ether oxygens (including phenoxy) is 4. The van der Waals surface area contributed by atoms with E-state index in [1.165, 1.54) is 56.6 Å². The smallest absolute Gasteiger partial charge is 0.257 e. The SMILES string of the molecule is Cc1cccc2c1O[C@]13Oc4c(cccc4P(c4ccccc4)c4ccccc4)C[C@H]1CCC[C@@H]3C2.Clc1cccc2c1OC13Oc4c(Cl)cccc4C[C@H]1CCC[C@@H]3C2. The van der Waals surface area contributed by atoms with Crippen LogP contribution in [0.15, 0.2) is 133 Å². The normalized spacial score (nSPS) is 26.4. The average Bonchev–Trinajstić information content (AvgIpc) is 3.27. The Balaban J connectivity index is 0.000000147. The van der Waals surface area contributed by atoms with Gasteiger partial charge in [-0.05, 0) is 117 Å². The van der Waals surface area contributed by atoms with Gasteiger partial charge in [0.05, 0.1) is 10.0 Å². The maximum Gasteiger partial charge on any atom is 0.257 e. The quantitative estimate of drug-likeness (QED) is 0.166. The van der Waals surface area contributed by atoms with Crippen LogP contribution in [-0.2, 0) is 25.7 Å². The molecule has 6 aromatic carbocycles. The summed E-state index contributed by atoms with van der Waals surface area (Å²) in [5.74, 6) is 3.93. The molecule has 304 valence electrons. The molecule has 0 bridgehead atoms. The molecule has 5 atom stereocenters. The second-order valence-electron chi connectivity index (χ2n) is 17.6. The molecule has 12 rings (SSSR count). The number of halogens is 2. The summed E-state index contributed by atoms with van der Waals surface area (Å²) < 4.78 is 27.4. The van der Waals surface area contributed by atoms with Crippen molar-refractivity contribution >= 4 is 47.0 Å². The van der Waals surface area contributed by atoms with Crippen molar-refractivity contribution in [2.24, 2.45) is 23.7 Å². The second kappa shape index (κ2) is 15.5. The van der Waals surface area contributed by atoms with E-state index >= 15 is 0 Å². The van der Waals surface area contributed by atoms with E-state index in [1.54, 1.807) is 0 Å². The topological polar surface area (TPSA) is 36.9 Å². The molecule has 0 unspecified atom stereocenters. The Morgan fingerprint density at radius 2 is 0.817 bits per heavy atom. The minimum absolute atomic E-state index is 0.339. The van der Waals surface area contributed by atoms with Gasteiger partial charge in [-0.2, -0.15) is 0 Å². The van der Waals surface area contributed by atoms with Crippen LogP contribution in [0.4, 0.5) is 0 Å². The fourth-order valence-electron chi connectivity index (χ4n) is 11.4.